The predicted octanol–water partition coefficient (Wildman–Crippen LogP) is 3.08. The number of hydrogen-bond donors (Lipinski definition) is 2. The lowest BCUT2D eigenvalue weighted by Crippen LogP contribution is -2.28. The fourth-order valence-electron chi connectivity index (χ4n) is 1.92. The molecule has 4 nitrogen and oxygen atoms in total. The molecule has 1 aromatic heterocycles. The van der Waals surface area contributed by atoms with E-state index in [1.54, 1.807) is 18.3 Å². The number of nitrogens with zero attached hydrogens (tertiary/aromatic N) is 1. The van der Waals surface area contributed by atoms with Crippen LogP contribution in [0.25, 0.3) is 0 Å². The maximum Gasteiger partial charge on any atom is 0.238 e. The topological polar surface area (TPSA) is 54.0 Å². The Morgan fingerprint density at radius 1 is 1.24 bits per heavy atom. The summed E-state index contributed by atoms with van der Waals surface area (Å²) >= 11 is 5.93. The Morgan fingerprint density at radius 3 is 2.81 bits per heavy atom. The molecule has 0 aliphatic heterocycles. The first-order valence-electron chi connectivity index (χ1n) is 6.73. The fourth-order valence-corrected chi connectivity index (χ4v) is 2.09. The second kappa shape index (κ2) is 7.20. The van der Waals surface area contributed by atoms with Crippen LogP contribution in [-0.2, 0) is 11.3 Å². The first-order valence-corrected chi connectivity index (χ1v) is 7.11. The van der Waals surface area contributed by atoms with E-state index >= 15 is 0 Å². The monoisotopic (exact) mass is 303 g/mol. The Morgan fingerprint density at radius 2 is 2.05 bits per heavy atom. The maximum absolute atomic E-state index is 11.9. The van der Waals surface area contributed by atoms with Crippen LogP contribution >= 0.6 is 11.6 Å². The molecule has 0 fully saturated rings. The van der Waals surface area contributed by atoms with Crippen molar-refractivity contribution >= 4 is 23.2 Å². The molecular formula is C16H18ClN3O. The standard InChI is InChI=1S/C16H18ClN3O/c1-11-4-3-7-19-15(11)9-18-10-16(21)20-14-8-13(17)6-5-12(14)2/h3-8,18H,9-10H2,1-2H3,(H,20,21). The van der Waals surface area contributed by atoms with Crippen molar-refractivity contribution in [1.82, 2.24) is 10.3 Å². The molecule has 2 rings (SSSR count). The van der Waals surface area contributed by atoms with Crippen molar-refractivity contribution in [3.05, 3.63) is 58.4 Å². The van der Waals surface area contributed by atoms with Gasteiger partial charge in [0, 0.05) is 23.5 Å². The van der Waals surface area contributed by atoms with Crippen molar-refractivity contribution in [3.8, 4) is 0 Å². The lowest BCUT2D eigenvalue weighted by atomic mass is 10.2. The summed E-state index contributed by atoms with van der Waals surface area (Å²) in [4.78, 5) is 16.2. The quantitative estimate of drug-likeness (QED) is 0.892. The zero-order chi connectivity index (χ0) is 15.2. The van der Waals surface area contributed by atoms with E-state index in [0.29, 0.717) is 11.6 Å². The number of hydrogen-bond acceptors (Lipinski definition) is 3. The molecule has 1 amide bonds. The van der Waals surface area contributed by atoms with Crippen molar-refractivity contribution in [2.24, 2.45) is 0 Å². The molecule has 0 aliphatic rings. The number of nitrogens with one attached hydrogen (secondary N) is 2. The van der Waals surface area contributed by atoms with Gasteiger partial charge in [0.1, 0.15) is 0 Å². The lowest BCUT2D eigenvalue weighted by molar-refractivity contribution is -0.115. The van der Waals surface area contributed by atoms with Crippen LogP contribution in [0, 0.1) is 13.8 Å². The van der Waals surface area contributed by atoms with Gasteiger partial charge in [-0.15, -0.1) is 0 Å². The average molecular weight is 304 g/mol. The Labute approximate surface area is 129 Å². The molecule has 0 saturated carbocycles. The van der Waals surface area contributed by atoms with Crippen molar-refractivity contribution < 1.29 is 4.79 Å². The zero-order valence-corrected chi connectivity index (χ0v) is 12.9. The normalized spacial score (nSPS) is 10.4. The number of benzene rings is 1. The molecule has 0 unspecified atom stereocenters. The van der Waals surface area contributed by atoms with Gasteiger partial charge in [0.2, 0.25) is 5.91 Å². The van der Waals surface area contributed by atoms with Crippen LogP contribution < -0.4 is 10.6 Å². The van der Waals surface area contributed by atoms with E-state index in [-0.39, 0.29) is 12.5 Å². The molecular weight excluding hydrogens is 286 g/mol. The Balaban J connectivity index is 1.85. The van der Waals surface area contributed by atoms with Crippen molar-refractivity contribution in [2.45, 2.75) is 20.4 Å². The average Bonchev–Trinajstić information content (AvgIpc) is 2.45. The van der Waals surface area contributed by atoms with E-state index in [4.69, 9.17) is 11.6 Å². The van der Waals surface area contributed by atoms with Crippen molar-refractivity contribution in [3.63, 3.8) is 0 Å². The minimum Gasteiger partial charge on any atom is -0.325 e. The maximum atomic E-state index is 11.9. The highest BCUT2D eigenvalue weighted by Crippen LogP contribution is 2.19. The highest BCUT2D eigenvalue weighted by molar-refractivity contribution is 6.31. The number of amides is 1. The third-order valence-electron chi connectivity index (χ3n) is 3.17. The van der Waals surface area contributed by atoms with Crippen LogP contribution in [0.15, 0.2) is 36.5 Å². The first kappa shape index (κ1) is 15.5. The molecule has 0 aliphatic carbocycles. The van der Waals surface area contributed by atoms with Gasteiger partial charge in [-0.3, -0.25) is 9.78 Å². The molecule has 1 heterocycles. The number of pyridine rings is 1. The first-order chi connectivity index (χ1) is 10.1. The third kappa shape index (κ3) is 4.55. The van der Waals surface area contributed by atoms with Gasteiger partial charge in [0.15, 0.2) is 0 Å². The summed E-state index contributed by atoms with van der Waals surface area (Å²) in [7, 11) is 0. The summed E-state index contributed by atoms with van der Waals surface area (Å²) in [6.07, 6.45) is 1.75. The number of carbonyl (C=O) groups excluding carboxylic acids is 1. The number of anilines is 1. The van der Waals surface area contributed by atoms with Gasteiger partial charge < -0.3 is 10.6 Å². The van der Waals surface area contributed by atoms with Gasteiger partial charge in [-0.25, -0.2) is 0 Å². The summed E-state index contributed by atoms with van der Waals surface area (Å²) in [5, 5.41) is 6.54. The fraction of sp³-hybridized carbons (Fsp3) is 0.250. The predicted molar refractivity (Wildman–Crippen MR) is 85.5 cm³/mol. The molecule has 0 saturated heterocycles. The summed E-state index contributed by atoms with van der Waals surface area (Å²) in [6, 6.07) is 9.32. The molecule has 0 spiro atoms. The largest absolute Gasteiger partial charge is 0.325 e. The Bertz CT molecular complexity index is 643. The molecule has 2 aromatic rings. The third-order valence-corrected chi connectivity index (χ3v) is 3.40. The molecule has 0 radical (unpaired) electrons. The van der Waals surface area contributed by atoms with Crippen molar-refractivity contribution in [1.29, 1.82) is 0 Å². The van der Waals surface area contributed by atoms with Crippen molar-refractivity contribution in [2.75, 3.05) is 11.9 Å². The van der Waals surface area contributed by atoms with Crippen LogP contribution in [-0.4, -0.2) is 17.4 Å². The molecule has 21 heavy (non-hydrogen) atoms. The van der Waals surface area contributed by atoms with Gasteiger partial charge in [-0.05, 0) is 43.2 Å². The van der Waals surface area contributed by atoms with Gasteiger partial charge in [0.25, 0.3) is 0 Å². The van der Waals surface area contributed by atoms with Crippen LogP contribution in [0.3, 0.4) is 0 Å². The number of halogens is 1. The van der Waals surface area contributed by atoms with E-state index in [1.165, 1.54) is 0 Å². The lowest BCUT2D eigenvalue weighted by Gasteiger charge is -2.10. The summed E-state index contributed by atoms with van der Waals surface area (Å²) < 4.78 is 0. The molecule has 2 N–H and O–H groups in total. The smallest absolute Gasteiger partial charge is 0.238 e. The second-order valence-corrected chi connectivity index (χ2v) is 5.31. The van der Waals surface area contributed by atoms with Gasteiger partial charge in [0.05, 0.1) is 12.2 Å². The number of rotatable bonds is 5. The Kier molecular flexibility index (Phi) is 5.31. The van der Waals surface area contributed by atoms with Crippen LogP contribution in [0.4, 0.5) is 5.69 Å². The van der Waals surface area contributed by atoms with Crippen LogP contribution in [0.5, 0.6) is 0 Å². The minimum atomic E-state index is -0.103. The number of carbonyl (C=O) groups is 1. The Hall–Kier alpha value is -1.91. The van der Waals surface area contributed by atoms with Crippen LogP contribution in [0.2, 0.25) is 5.02 Å². The van der Waals surface area contributed by atoms with E-state index in [1.807, 2.05) is 32.0 Å². The molecule has 110 valence electrons. The van der Waals surface area contributed by atoms with Crippen LogP contribution in [0.1, 0.15) is 16.8 Å². The minimum absolute atomic E-state index is 0.103. The van der Waals surface area contributed by atoms with Gasteiger partial charge >= 0.3 is 0 Å². The van der Waals surface area contributed by atoms with E-state index in [9.17, 15) is 4.79 Å². The second-order valence-electron chi connectivity index (χ2n) is 4.88. The summed E-state index contributed by atoms with van der Waals surface area (Å²) in [5.41, 5.74) is 3.77. The summed E-state index contributed by atoms with van der Waals surface area (Å²) in [6.45, 7) is 4.71. The van der Waals surface area contributed by atoms with E-state index < -0.39 is 0 Å². The summed E-state index contributed by atoms with van der Waals surface area (Å²) in [5.74, 6) is -0.103. The van der Waals surface area contributed by atoms with Gasteiger partial charge in [-0.2, -0.15) is 0 Å². The highest BCUT2D eigenvalue weighted by atomic mass is 35.5. The molecule has 0 atom stereocenters. The number of aromatic nitrogens is 1. The molecule has 0 bridgehead atoms. The molecule has 1 aromatic carbocycles. The van der Waals surface area contributed by atoms with E-state index in [2.05, 4.69) is 15.6 Å². The SMILES string of the molecule is Cc1ccc(Cl)cc1NC(=O)CNCc1ncccc1C. The highest BCUT2D eigenvalue weighted by Gasteiger charge is 2.06. The van der Waals surface area contributed by atoms with E-state index in [0.717, 1.165) is 22.5 Å². The molecule has 5 heteroatoms. The number of aryl methyl sites for hydroxylation is 2. The zero-order valence-electron chi connectivity index (χ0n) is 12.1. The van der Waals surface area contributed by atoms with Gasteiger partial charge in [-0.1, -0.05) is 23.7 Å².